The number of anilines is 3. The molecule has 0 unspecified atom stereocenters. The number of benzene rings is 2. The van der Waals surface area contributed by atoms with Crippen LogP contribution in [-0.4, -0.2) is 28.5 Å². The third-order valence-electron chi connectivity index (χ3n) is 6.10. The smallest absolute Gasteiger partial charge is 0.330 e. The van der Waals surface area contributed by atoms with Crippen LogP contribution in [0.5, 0.6) is 0 Å². The van der Waals surface area contributed by atoms with Crippen LogP contribution in [0.4, 0.5) is 17.2 Å². The van der Waals surface area contributed by atoms with E-state index in [9.17, 15) is 14.4 Å². The molecule has 0 radical (unpaired) electrons. The molecule has 2 aromatic carbocycles. The molecule has 0 fully saturated rings. The maximum Gasteiger partial charge on any atom is 0.330 e. The number of carbonyl (C=O) groups is 1. The Morgan fingerprint density at radius 2 is 1.77 bits per heavy atom. The number of nitrogens with zero attached hydrogens (tertiary/aromatic N) is 3. The monoisotopic (exact) mass is 477 g/mol. The lowest BCUT2D eigenvalue weighted by atomic mass is 10.1. The summed E-state index contributed by atoms with van der Waals surface area (Å²) >= 11 is 0. The molecular formula is C27H35N5O3. The van der Waals surface area contributed by atoms with Crippen LogP contribution < -0.4 is 26.8 Å². The molecule has 1 heterocycles. The zero-order valence-electron chi connectivity index (χ0n) is 21.0. The van der Waals surface area contributed by atoms with Crippen molar-refractivity contribution >= 4 is 23.1 Å². The van der Waals surface area contributed by atoms with Crippen molar-refractivity contribution in [1.82, 2.24) is 9.55 Å². The summed E-state index contributed by atoms with van der Waals surface area (Å²) in [5.41, 5.74) is 9.16. The van der Waals surface area contributed by atoms with Crippen molar-refractivity contribution in [3.63, 3.8) is 0 Å². The van der Waals surface area contributed by atoms with Crippen molar-refractivity contribution in [2.24, 2.45) is 0 Å². The van der Waals surface area contributed by atoms with Crippen molar-refractivity contribution < 1.29 is 4.79 Å². The summed E-state index contributed by atoms with van der Waals surface area (Å²) in [5.74, 6) is -0.278. The molecule has 0 aliphatic heterocycles. The number of rotatable bonds is 10. The average molecular weight is 478 g/mol. The van der Waals surface area contributed by atoms with Crippen LogP contribution in [0, 0.1) is 13.8 Å². The Balaban J connectivity index is 2.06. The highest BCUT2D eigenvalue weighted by Crippen LogP contribution is 2.24. The first kappa shape index (κ1) is 25.8. The number of nitrogens with two attached hydrogens (primary N) is 1. The van der Waals surface area contributed by atoms with E-state index >= 15 is 0 Å². The number of nitrogens with one attached hydrogen (secondary N) is 1. The lowest BCUT2D eigenvalue weighted by Gasteiger charge is -2.30. The zero-order valence-corrected chi connectivity index (χ0v) is 21.0. The number of unbranched alkanes of at least 4 members (excludes halogenated alkanes) is 1. The molecule has 0 bridgehead atoms. The zero-order chi connectivity index (χ0) is 25.5. The van der Waals surface area contributed by atoms with E-state index in [-0.39, 0.29) is 30.5 Å². The highest BCUT2D eigenvalue weighted by molar-refractivity contribution is 5.98. The summed E-state index contributed by atoms with van der Waals surface area (Å²) in [7, 11) is 0. The summed E-state index contributed by atoms with van der Waals surface area (Å²) in [4.78, 5) is 45.0. The number of nitrogen functional groups attached to an aromatic ring is 1. The quantitative estimate of drug-likeness (QED) is 0.464. The first-order valence-corrected chi connectivity index (χ1v) is 12.1. The van der Waals surface area contributed by atoms with Gasteiger partial charge < -0.3 is 10.6 Å². The fraction of sp³-hybridized carbons (Fsp3) is 0.370. The summed E-state index contributed by atoms with van der Waals surface area (Å²) in [6.07, 6.45) is 1.58. The second-order valence-corrected chi connectivity index (χ2v) is 8.77. The van der Waals surface area contributed by atoms with Crippen molar-refractivity contribution in [3.05, 3.63) is 86.1 Å². The number of aryl methyl sites for hydroxylation is 2. The second-order valence-electron chi connectivity index (χ2n) is 8.77. The Morgan fingerprint density at radius 3 is 2.40 bits per heavy atom. The fourth-order valence-electron chi connectivity index (χ4n) is 4.21. The first-order chi connectivity index (χ1) is 16.8. The van der Waals surface area contributed by atoms with E-state index in [1.54, 1.807) is 0 Å². The minimum atomic E-state index is -0.668. The predicted octanol–water partition coefficient (Wildman–Crippen LogP) is 3.60. The summed E-state index contributed by atoms with van der Waals surface area (Å²) in [6.45, 7) is 9.22. The third kappa shape index (κ3) is 6.01. The van der Waals surface area contributed by atoms with Gasteiger partial charge >= 0.3 is 5.69 Å². The normalized spacial score (nSPS) is 10.9. The highest BCUT2D eigenvalue weighted by atomic mass is 16.2. The van der Waals surface area contributed by atoms with Crippen LogP contribution in [0.3, 0.4) is 0 Å². The van der Waals surface area contributed by atoms with E-state index in [4.69, 9.17) is 5.73 Å². The Morgan fingerprint density at radius 1 is 1.06 bits per heavy atom. The van der Waals surface area contributed by atoms with Gasteiger partial charge in [0.05, 0.1) is 13.1 Å². The summed E-state index contributed by atoms with van der Waals surface area (Å²) < 4.78 is 1.34. The van der Waals surface area contributed by atoms with Gasteiger partial charge in [0.25, 0.3) is 5.56 Å². The molecule has 3 rings (SSSR count). The van der Waals surface area contributed by atoms with Crippen LogP contribution >= 0.6 is 0 Å². The molecule has 8 nitrogen and oxygen atoms in total. The van der Waals surface area contributed by atoms with Gasteiger partial charge in [-0.1, -0.05) is 61.4 Å². The van der Waals surface area contributed by atoms with Crippen LogP contribution in [0.2, 0.25) is 0 Å². The number of H-pyrrole nitrogens is 1. The highest BCUT2D eigenvalue weighted by Gasteiger charge is 2.26. The molecule has 35 heavy (non-hydrogen) atoms. The number of amides is 1. The predicted molar refractivity (Wildman–Crippen MR) is 142 cm³/mol. The molecule has 3 aromatic rings. The number of aromatic amines is 1. The van der Waals surface area contributed by atoms with Gasteiger partial charge in [0, 0.05) is 18.8 Å². The van der Waals surface area contributed by atoms with Gasteiger partial charge in [-0.3, -0.25) is 24.0 Å². The molecule has 1 aromatic heterocycles. The van der Waals surface area contributed by atoms with E-state index in [1.807, 2.05) is 75.1 Å². The fourth-order valence-corrected chi connectivity index (χ4v) is 4.21. The van der Waals surface area contributed by atoms with Gasteiger partial charge in [0.1, 0.15) is 5.82 Å². The lowest BCUT2D eigenvalue weighted by Crippen LogP contribution is -2.45. The van der Waals surface area contributed by atoms with Crippen LogP contribution in [-0.2, 0) is 17.9 Å². The topological polar surface area (TPSA) is 104 Å². The maximum absolute atomic E-state index is 13.8. The van der Waals surface area contributed by atoms with Gasteiger partial charge in [0.2, 0.25) is 5.91 Å². The summed E-state index contributed by atoms with van der Waals surface area (Å²) in [5, 5.41) is 0. The molecule has 1 amide bonds. The second kappa shape index (κ2) is 11.6. The third-order valence-corrected chi connectivity index (χ3v) is 6.10. The SMILES string of the molecule is CCCCn1c(N)c(N(Cc2ccccc2)C(=O)CN(CC)c2ccc(C)cc2C)c(=O)[nH]c1=O. The summed E-state index contributed by atoms with van der Waals surface area (Å²) in [6, 6.07) is 15.5. The van der Waals surface area contributed by atoms with E-state index in [0.29, 0.717) is 13.1 Å². The Hall–Kier alpha value is -3.81. The van der Waals surface area contributed by atoms with E-state index in [1.165, 1.54) is 9.47 Å². The van der Waals surface area contributed by atoms with E-state index in [2.05, 4.69) is 11.1 Å². The molecule has 3 N–H and O–H groups in total. The van der Waals surface area contributed by atoms with Crippen molar-refractivity contribution in [2.75, 3.05) is 28.6 Å². The van der Waals surface area contributed by atoms with Crippen molar-refractivity contribution in [3.8, 4) is 0 Å². The molecule has 0 saturated carbocycles. The minimum absolute atomic E-state index is 0.00560. The van der Waals surface area contributed by atoms with Crippen LogP contribution in [0.15, 0.2) is 58.1 Å². The molecule has 0 saturated heterocycles. The number of aromatic nitrogens is 2. The molecule has 0 aliphatic rings. The van der Waals surface area contributed by atoms with E-state index < -0.39 is 11.2 Å². The molecule has 0 spiro atoms. The number of likely N-dealkylation sites (N-methyl/N-ethyl adjacent to an activating group) is 1. The Bertz CT molecular complexity index is 1280. The maximum atomic E-state index is 13.8. The molecule has 186 valence electrons. The van der Waals surface area contributed by atoms with Gasteiger partial charge in [-0.15, -0.1) is 0 Å². The standard InChI is InChI=1S/C27H35N5O3/c1-5-7-15-31-25(28)24(26(34)29-27(31)35)32(17-21-11-9-8-10-12-21)23(33)18-30(6-2)22-14-13-19(3)16-20(22)4/h8-14,16H,5-7,15,17-18,28H2,1-4H3,(H,29,34,35). The van der Waals surface area contributed by atoms with Crippen molar-refractivity contribution in [2.45, 2.75) is 53.6 Å². The minimum Gasteiger partial charge on any atom is -0.383 e. The Labute approximate surface area is 206 Å². The largest absolute Gasteiger partial charge is 0.383 e. The number of hydrogen-bond acceptors (Lipinski definition) is 5. The van der Waals surface area contributed by atoms with Crippen LogP contribution in [0.1, 0.15) is 43.4 Å². The van der Waals surface area contributed by atoms with Gasteiger partial charge in [-0.2, -0.15) is 0 Å². The average Bonchev–Trinajstić information content (AvgIpc) is 2.82. The van der Waals surface area contributed by atoms with Crippen LogP contribution in [0.25, 0.3) is 0 Å². The Kier molecular flexibility index (Phi) is 8.52. The van der Waals surface area contributed by atoms with Gasteiger partial charge in [0.15, 0.2) is 5.69 Å². The molecule has 0 atom stereocenters. The molecular weight excluding hydrogens is 442 g/mol. The van der Waals surface area contributed by atoms with Gasteiger partial charge in [-0.05, 0) is 44.4 Å². The molecule has 8 heteroatoms. The van der Waals surface area contributed by atoms with Gasteiger partial charge in [-0.25, -0.2) is 4.79 Å². The van der Waals surface area contributed by atoms with Crippen molar-refractivity contribution in [1.29, 1.82) is 0 Å². The molecule has 0 aliphatic carbocycles. The number of carbonyl (C=O) groups excluding carboxylic acids is 1. The van der Waals surface area contributed by atoms with E-state index in [0.717, 1.165) is 35.2 Å². The lowest BCUT2D eigenvalue weighted by molar-refractivity contribution is -0.117. The number of hydrogen-bond donors (Lipinski definition) is 2. The first-order valence-electron chi connectivity index (χ1n) is 12.1.